The van der Waals surface area contributed by atoms with Crippen LogP contribution in [-0.2, 0) is 11.3 Å². The number of hydrogen-bond acceptors (Lipinski definition) is 3. The van der Waals surface area contributed by atoms with Gasteiger partial charge in [-0.1, -0.05) is 47.5 Å². The molecular weight excluding hydrogens is 466 g/mol. The summed E-state index contributed by atoms with van der Waals surface area (Å²) in [6, 6.07) is 20.9. The van der Waals surface area contributed by atoms with E-state index in [0.29, 0.717) is 29.4 Å². The SMILES string of the molecule is Cc1ccc(NC(=O)CSc2cn(CCNC(=O)c3ccc(Cl)cc3)c3ccccc23)c(C)c1. The molecule has 0 bridgehead atoms. The number of nitrogens with zero attached hydrogens (tertiary/aromatic N) is 1. The van der Waals surface area contributed by atoms with Gasteiger partial charge >= 0.3 is 0 Å². The number of aryl methyl sites for hydroxylation is 2. The van der Waals surface area contributed by atoms with Crippen molar-refractivity contribution >= 4 is 51.8 Å². The molecule has 0 fully saturated rings. The lowest BCUT2D eigenvalue weighted by Crippen LogP contribution is -2.27. The maximum absolute atomic E-state index is 12.6. The number of fused-ring (bicyclic) bond motifs is 1. The number of carbonyl (C=O) groups is 2. The largest absolute Gasteiger partial charge is 0.350 e. The third kappa shape index (κ3) is 5.82. The number of nitrogens with one attached hydrogen (secondary N) is 2. The average molecular weight is 492 g/mol. The van der Waals surface area contributed by atoms with Crippen molar-refractivity contribution in [1.29, 1.82) is 0 Å². The molecule has 0 unspecified atom stereocenters. The summed E-state index contributed by atoms with van der Waals surface area (Å²) in [6.45, 7) is 5.13. The molecule has 1 heterocycles. The Bertz CT molecular complexity index is 1330. The van der Waals surface area contributed by atoms with Crippen LogP contribution in [-0.4, -0.2) is 28.7 Å². The molecule has 0 aliphatic carbocycles. The van der Waals surface area contributed by atoms with Crippen LogP contribution in [0, 0.1) is 13.8 Å². The van der Waals surface area contributed by atoms with E-state index < -0.39 is 0 Å². The molecule has 174 valence electrons. The van der Waals surface area contributed by atoms with Gasteiger partial charge in [0, 0.05) is 51.4 Å². The average Bonchev–Trinajstić information content (AvgIpc) is 3.18. The maximum atomic E-state index is 12.6. The number of aromatic nitrogens is 1. The zero-order chi connectivity index (χ0) is 24.1. The van der Waals surface area contributed by atoms with Gasteiger partial charge in [-0.3, -0.25) is 9.59 Å². The van der Waals surface area contributed by atoms with E-state index in [2.05, 4.69) is 33.4 Å². The standard InChI is InChI=1S/C27H26ClN3O2S/c1-18-7-12-23(19(2)15-18)30-26(32)17-34-25-16-31(24-6-4-3-5-22(24)25)14-13-29-27(33)20-8-10-21(28)11-9-20/h3-12,15-16H,13-14,17H2,1-2H3,(H,29,33)(H,30,32). The molecule has 5 nitrogen and oxygen atoms in total. The Hall–Kier alpha value is -3.22. The first-order valence-electron chi connectivity index (χ1n) is 11.0. The summed E-state index contributed by atoms with van der Waals surface area (Å²) in [7, 11) is 0. The fourth-order valence-electron chi connectivity index (χ4n) is 3.79. The van der Waals surface area contributed by atoms with E-state index in [1.807, 2.05) is 44.3 Å². The molecule has 0 aliphatic rings. The summed E-state index contributed by atoms with van der Waals surface area (Å²) in [5, 5.41) is 7.65. The number of amides is 2. The Morgan fingerprint density at radius 1 is 1.00 bits per heavy atom. The van der Waals surface area contributed by atoms with Crippen LogP contribution in [0.4, 0.5) is 5.69 Å². The highest BCUT2D eigenvalue weighted by atomic mass is 35.5. The lowest BCUT2D eigenvalue weighted by Gasteiger charge is -2.09. The van der Waals surface area contributed by atoms with Crippen molar-refractivity contribution in [2.24, 2.45) is 0 Å². The second-order valence-corrected chi connectivity index (χ2v) is 9.58. The van der Waals surface area contributed by atoms with Gasteiger partial charge in [-0.15, -0.1) is 11.8 Å². The quantitative estimate of drug-likeness (QED) is 0.294. The second kappa shape index (κ2) is 10.8. The van der Waals surface area contributed by atoms with Crippen molar-refractivity contribution in [2.45, 2.75) is 25.3 Å². The van der Waals surface area contributed by atoms with Crippen LogP contribution >= 0.6 is 23.4 Å². The van der Waals surface area contributed by atoms with E-state index in [1.165, 1.54) is 17.3 Å². The normalized spacial score (nSPS) is 10.9. The zero-order valence-electron chi connectivity index (χ0n) is 19.1. The Morgan fingerprint density at radius 2 is 1.76 bits per heavy atom. The highest BCUT2D eigenvalue weighted by Crippen LogP contribution is 2.30. The van der Waals surface area contributed by atoms with Crippen LogP contribution < -0.4 is 10.6 Å². The van der Waals surface area contributed by atoms with Crippen molar-refractivity contribution in [3.05, 3.63) is 94.6 Å². The fourth-order valence-corrected chi connectivity index (χ4v) is 4.80. The van der Waals surface area contributed by atoms with Crippen LogP contribution in [0.1, 0.15) is 21.5 Å². The molecule has 3 aromatic carbocycles. The van der Waals surface area contributed by atoms with E-state index in [1.54, 1.807) is 24.3 Å². The fraction of sp³-hybridized carbons (Fsp3) is 0.185. The Balaban J connectivity index is 1.38. The van der Waals surface area contributed by atoms with Crippen LogP contribution in [0.3, 0.4) is 0 Å². The van der Waals surface area contributed by atoms with Gasteiger partial charge in [-0.05, 0) is 55.8 Å². The number of thioether (sulfide) groups is 1. The van der Waals surface area contributed by atoms with E-state index in [4.69, 9.17) is 11.6 Å². The molecule has 1 aromatic heterocycles. The summed E-state index contributed by atoms with van der Waals surface area (Å²) in [6.07, 6.45) is 2.05. The Kier molecular flexibility index (Phi) is 7.60. The monoisotopic (exact) mass is 491 g/mol. The summed E-state index contributed by atoms with van der Waals surface area (Å²) in [4.78, 5) is 26.0. The predicted molar refractivity (Wildman–Crippen MR) is 141 cm³/mol. The number of anilines is 1. The van der Waals surface area contributed by atoms with E-state index in [9.17, 15) is 9.59 Å². The molecule has 0 saturated heterocycles. The second-order valence-electron chi connectivity index (χ2n) is 8.12. The lowest BCUT2D eigenvalue weighted by atomic mass is 10.1. The summed E-state index contributed by atoms with van der Waals surface area (Å²) in [5.41, 5.74) is 4.71. The molecule has 0 saturated carbocycles. The number of halogens is 1. The van der Waals surface area contributed by atoms with Gasteiger partial charge in [-0.2, -0.15) is 0 Å². The van der Waals surface area contributed by atoms with Crippen LogP contribution in [0.25, 0.3) is 10.9 Å². The highest BCUT2D eigenvalue weighted by Gasteiger charge is 2.12. The minimum Gasteiger partial charge on any atom is -0.350 e. The third-order valence-electron chi connectivity index (χ3n) is 5.51. The van der Waals surface area contributed by atoms with E-state index in [0.717, 1.165) is 27.0 Å². The number of benzene rings is 3. The summed E-state index contributed by atoms with van der Waals surface area (Å²) >= 11 is 7.41. The van der Waals surface area contributed by atoms with Crippen molar-refractivity contribution in [2.75, 3.05) is 17.6 Å². The van der Waals surface area contributed by atoms with Gasteiger partial charge in [0.15, 0.2) is 0 Å². The smallest absolute Gasteiger partial charge is 0.251 e. The first kappa shape index (κ1) is 23.9. The molecule has 2 amide bonds. The van der Waals surface area contributed by atoms with Gasteiger partial charge in [0.1, 0.15) is 0 Å². The third-order valence-corrected chi connectivity index (χ3v) is 6.81. The van der Waals surface area contributed by atoms with E-state index >= 15 is 0 Å². The number of carbonyl (C=O) groups excluding carboxylic acids is 2. The van der Waals surface area contributed by atoms with E-state index in [-0.39, 0.29) is 11.8 Å². The minimum absolute atomic E-state index is 0.0380. The number of rotatable bonds is 8. The summed E-state index contributed by atoms with van der Waals surface area (Å²) < 4.78 is 2.11. The van der Waals surface area contributed by atoms with Crippen molar-refractivity contribution in [1.82, 2.24) is 9.88 Å². The van der Waals surface area contributed by atoms with Crippen LogP contribution in [0.2, 0.25) is 5.02 Å². The van der Waals surface area contributed by atoms with Gasteiger partial charge < -0.3 is 15.2 Å². The molecule has 0 radical (unpaired) electrons. The van der Waals surface area contributed by atoms with Crippen LogP contribution in [0.15, 0.2) is 77.8 Å². The van der Waals surface area contributed by atoms with Gasteiger partial charge in [0.25, 0.3) is 5.91 Å². The van der Waals surface area contributed by atoms with Crippen molar-refractivity contribution in [3.8, 4) is 0 Å². The lowest BCUT2D eigenvalue weighted by molar-refractivity contribution is -0.113. The number of para-hydroxylation sites is 1. The molecule has 2 N–H and O–H groups in total. The Morgan fingerprint density at radius 3 is 2.53 bits per heavy atom. The molecule has 0 spiro atoms. The molecule has 7 heteroatoms. The van der Waals surface area contributed by atoms with Gasteiger partial charge in [0.2, 0.25) is 5.91 Å². The topological polar surface area (TPSA) is 63.1 Å². The highest BCUT2D eigenvalue weighted by molar-refractivity contribution is 8.00. The first-order valence-corrected chi connectivity index (χ1v) is 12.4. The minimum atomic E-state index is -0.134. The van der Waals surface area contributed by atoms with Gasteiger partial charge in [-0.25, -0.2) is 0 Å². The summed E-state index contributed by atoms with van der Waals surface area (Å²) in [5.74, 6) is 0.143. The van der Waals surface area contributed by atoms with Crippen molar-refractivity contribution in [3.63, 3.8) is 0 Å². The predicted octanol–water partition coefficient (Wildman–Crippen LogP) is 6.07. The van der Waals surface area contributed by atoms with Gasteiger partial charge in [0.05, 0.1) is 5.75 Å². The molecule has 0 aliphatic heterocycles. The van der Waals surface area contributed by atoms with Crippen LogP contribution in [0.5, 0.6) is 0 Å². The molecular formula is C27H26ClN3O2S. The zero-order valence-corrected chi connectivity index (χ0v) is 20.7. The molecule has 4 rings (SSSR count). The number of hydrogen-bond donors (Lipinski definition) is 2. The maximum Gasteiger partial charge on any atom is 0.251 e. The molecule has 4 aromatic rings. The first-order chi connectivity index (χ1) is 16.4. The van der Waals surface area contributed by atoms with Crippen molar-refractivity contribution < 1.29 is 9.59 Å². The molecule has 0 atom stereocenters. The molecule has 34 heavy (non-hydrogen) atoms. The Labute approximate surface area is 208 Å².